The standard InChI is InChI=1S/C19H24N2O4/c1-12(2)11-17(22)20-13-7-9-14(10-8-13)21-18(23)15-5-3-4-6-16(15)19(24)25/h3-4,7-10,12,15-16H,5-6,11H2,1-2H3,(H,20,22)(H,21,23)(H,24,25). The van der Waals surface area contributed by atoms with Crippen LogP contribution < -0.4 is 10.6 Å². The Morgan fingerprint density at radius 2 is 1.52 bits per heavy atom. The highest BCUT2D eigenvalue weighted by Crippen LogP contribution is 2.27. The molecule has 1 aromatic carbocycles. The molecule has 2 atom stereocenters. The Kier molecular flexibility index (Phi) is 6.33. The topological polar surface area (TPSA) is 95.5 Å². The third-order valence-electron chi connectivity index (χ3n) is 4.12. The van der Waals surface area contributed by atoms with Crippen molar-refractivity contribution in [2.75, 3.05) is 10.6 Å². The SMILES string of the molecule is CC(C)CC(=O)Nc1ccc(NC(=O)C2CC=CCC2C(=O)O)cc1. The fourth-order valence-electron chi connectivity index (χ4n) is 2.83. The van der Waals surface area contributed by atoms with Crippen molar-refractivity contribution >= 4 is 29.2 Å². The molecular weight excluding hydrogens is 320 g/mol. The first kappa shape index (κ1) is 18.7. The summed E-state index contributed by atoms with van der Waals surface area (Å²) in [5, 5.41) is 14.8. The van der Waals surface area contributed by atoms with Crippen molar-refractivity contribution in [2.24, 2.45) is 17.8 Å². The number of carbonyl (C=O) groups excluding carboxylic acids is 2. The quantitative estimate of drug-likeness (QED) is 0.690. The van der Waals surface area contributed by atoms with Crippen LogP contribution in [0, 0.1) is 17.8 Å². The Labute approximate surface area is 147 Å². The van der Waals surface area contributed by atoms with E-state index in [1.165, 1.54) is 0 Å². The van der Waals surface area contributed by atoms with Crippen LogP contribution in [0.25, 0.3) is 0 Å². The molecule has 1 aliphatic carbocycles. The van der Waals surface area contributed by atoms with Crippen LogP contribution in [0.3, 0.4) is 0 Å². The Hall–Kier alpha value is -2.63. The molecule has 0 saturated heterocycles. The van der Waals surface area contributed by atoms with Crippen LogP contribution in [-0.4, -0.2) is 22.9 Å². The third kappa shape index (κ3) is 5.45. The molecule has 134 valence electrons. The first-order chi connectivity index (χ1) is 11.9. The van der Waals surface area contributed by atoms with Crippen LogP contribution in [0.15, 0.2) is 36.4 Å². The summed E-state index contributed by atoms with van der Waals surface area (Å²) in [6.07, 6.45) is 4.89. The molecule has 2 rings (SSSR count). The summed E-state index contributed by atoms with van der Waals surface area (Å²) in [5.74, 6) is -2.29. The molecule has 0 spiro atoms. The normalized spacial score (nSPS) is 19.5. The smallest absolute Gasteiger partial charge is 0.307 e. The van der Waals surface area contributed by atoms with Gasteiger partial charge in [-0.25, -0.2) is 0 Å². The molecule has 0 fully saturated rings. The molecule has 0 aromatic heterocycles. The molecule has 1 aliphatic rings. The lowest BCUT2D eigenvalue weighted by molar-refractivity contribution is -0.146. The third-order valence-corrected chi connectivity index (χ3v) is 4.12. The fourth-order valence-corrected chi connectivity index (χ4v) is 2.83. The van der Waals surface area contributed by atoms with E-state index in [4.69, 9.17) is 0 Å². The molecule has 6 heteroatoms. The van der Waals surface area contributed by atoms with Crippen LogP contribution >= 0.6 is 0 Å². The average molecular weight is 344 g/mol. The van der Waals surface area contributed by atoms with Crippen molar-refractivity contribution in [3.8, 4) is 0 Å². The van der Waals surface area contributed by atoms with Gasteiger partial charge >= 0.3 is 5.97 Å². The van der Waals surface area contributed by atoms with Gasteiger partial charge in [-0.2, -0.15) is 0 Å². The van der Waals surface area contributed by atoms with E-state index in [1.807, 2.05) is 19.9 Å². The molecule has 0 aliphatic heterocycles. The minimum atomic E-state index is -0.951. The van der Waals surface area contributed by atoms with Gasteiger partial charge in [-0.15, -0.1) is 0 Å². The lowest BCUT2D eigenvalue weighted by Crippen LogP contribution is -2.34. The second kappa shape index (κ2) is 8.46. The van der Waals surface area contributed by atoms with Crippen LogP contribution in [0.5, 0.6) is 0 Å². The molecule has 25 heavy (non-hydrogen) atoms. The number of amides is 2. The zero-order chi connectivity index (χ0) is 18.4. The summed E-state index contributed by atoms with van der Waals surface area (Å²) in [6.45, 7) is 3.95. The number of hydrogen-bond donors (Lipinski definition) is 3. The van der Waals surface area contributed by atoms with Crippen LogP contribution in [0.1, 0.15) is 33.1 Å². The number of anilines is 2. The summed E-state index contributed by atoms with van der Waals surface area (Å²) in [7, 11) is 0. The first-order valence-corrected chi connectivity index (χ1v) is 8.45. The number of rotatable bonds is 6. The number of allylic oxidation sites excluding steroid dienone is 2. The number of aliphatic carboxylic acids is 1. The van der Waals surface area contributed by atoms with E-state index in [2.05, 4.69) is 10.6 Å². The van der Waals surface area contributed by atoms with Gasteiger partial charge in [0.25, 0.3) is 0 Å². The maximum absolute atomic E-state index is 12.4. The zero-order valence-corrected chi connectivity index (χ0v) is 14.5. The van der Waals surface area contributed by atoms with Crippen LogP contribution in [0.4, 0.5) is 11.4 Å². The van der Waals surface area contributed by atoms with Crippen molar-refractivity contribution < 1.29 is 19.5 Å². The van der Waals surface area contributed by atoms with Crippen molar-refractivity contribution in [3.63, 3.8) is 0 Å². The van der Waals surface area contributed by atoms with Gasteiger partial charge in [-0.3, -0.25) is 14.4 Å². The number of carboxylic acid groups (broad SMARTS) is 1. The monoisotopic (exact) mass is 344 g/mol. The highest BCUT2D eigenvalue weighted by atomic mass is 16.4. The molecule has 3 N–H and O–H groups in total. The van der Waals surface area contributed by atoms with E-state index in [0.29, 0.717) is 30.6 Å². The molecule has 0 bridgehead atoms. The summed E-state index contributed by atoms with van der Waals surface area (Å²) < 4.78 is 0. The average Bonchev–Trinajstić information content (AvgIpc) is 2.55. The van der Waals surface area contributed by atoms with E-state index in [-0.39, 0.29) is 17.7 Å². The van der Waals surface area contributed by atoms with E-state index in [1.54, 1.807) is 30.3 Å². The van der Waals surface area contributed by atoms with E-state index in [0.717, 1.165) is 0 Å². The second-order valence-electron chi connectivity index (χ2n) is 6.71. The molecular formula is C19H24N2O4. The summed E-state index contributed by atoms with van der Waals surface area (Å²) >= 11 is 0. The lowest BCUT2D eigenvalue weighted by Gasteiger charge is -2.24. The summed E-state index contributed by atoms with van der Waals surface area (Å²) in [6, 6.07) is 6.81. The molecule has 2 unspecified atom stereocenters. The second-order valence-corrected chi connectivity index (χ2v) is 6.71. The molecule has 0 saturated carbocycles. The lowest BCUT2D eigenvalue weighted by atomic mass is 9.82. The molecule has 0 radical (unpaired) electrons. The van der Waals surface area contributed by atoms with Crippen molar-refractivity contribution in [3.05, 3.63) is 36.4 Å². The number of benzene rings is 1. The van der Waals surface area contributed by atoms with Gasteiger partial charge in [0.2, 0.25) is 11.8 Å². The van der Waals surface area contributed by atoms with Gasteiger partial charge in [0.05, 0.1) is 11.8 Å². The number of hydrogen-bond acceptors (Lipinski definition) is 3. The molecule has 1 aromatic rings. The molecule has 0 heterocycles. The number of carboxylic acids is 1. The maximum atomic E-state index is 12.4. The van der Waals surface area contributed by atoms with E-state index in [9.17, 15) is 19.5 Å². The first-order valence-electron chi connectivity index (χ1n) is 8.45. The maximum Gasteiger partial charge on any atom is 0.307 e. The van der Waals surface area contributed by atoms with Gasteiger partial charge in [0.1, 0.15) is 0 Å². The predicted molar refractivity (Wildman–Crippen MR) is 96.1 cm³/mol. The van der Waals surface area contributed by atoms with Crippen LogP contribution in [-0.2, 0) is 14.4 Å². The van der Waals surface area contributed by atoms with Crippen molar-refractivity contribution in [2.45, 2.75) is 33.1 Å². The number of carbonyl (C=O) groups is 3. The highest BCUT2D eigenvalue weighted by Gasteiger charge is 2.33. The van der Waals surface area contributed by atoms with Gasteiger partial charge in [0.15, 0.2) is 0 Å². The minimum absolute atomic E-state index is 0.0509. The largest absolute Gasteiger partial charge is 0.481 e. The Morgan fingerprint density at radius 1 is 1.00 bits per heavy atom. The summed E-state index contributed by atoms with van der Waals surface area (Å²) in [4.78, 5) is 35.4. The Morgan fingerprint density at radius 3 is 2.04 bits per heavy atom. The van der Waals surface area contributed by atoms with Gasteiger partial charge < -0.3 is 15.7 Å². The van der Waals surface area contributed by atoms with Gasteiger partial charge in [-0.05, 0) is 43.0 Å². The van der Waals surface area contributed by atoms with E-state index < -0.39 is 17.8 Å². The highest BCUT2D eigenvalue weighted by molar-refractivity contribution is 5.96. The van der Waals surface area contributed by atoms with Crippen LogP contribution in [0.2, 0.25) is 0 Å². The fraction of sp³-hybridized carbons (Fsp3) is 0.421. The predicted octanol–water partition coefficient (Wildman–Crippen LogP) is 3.28. The van der Waals surface area contributed by atoms with Crippen molar-refractivity contribution in [1.29, 1.82) is 0 Å². The van der Waals surface area contributed by atoms with Gasteiger partial charge in [-0.1, -0.05) is 26.0 Å². The Balaban J connectivity index is 1.96. The summed E-state index contributed by atoms with van der Waals surface area (Å²) in [5.41, 5.74) is 1.23. The zero-order valence-electron chi connectivity index (χ0n) is 14.5. The van der Waals surface area contributed by atoms with Gasteiger partial charge in [0, 0.05) is 17.8 Å². The molecule has 2 amide bonds. The van der Waals surface area contributed by atoms with Crippen molar-refractivity contribution in [1.82, 2.24) is 0 Å². The number of nitrogens with one attached hydrogen (secondary N) is 2. The van der Waals surface area contributed by atoms with E-state index >= 15 is 0 Å². The molecule has 6 nitrogen and oxygen atoms in total. The Bertz CT molecular complexity index is 665. The minimum Gasteiger partial charge on any atom is -0.481 e.